The number of benzene rings is 2. The van der Waals surface area contributed by atoms with Crippen LogP contribution in [-0.4, -0.2) is 13.3 Å². The van der Waals surface area contributed by atoms with Gasteiger partial charge < -0.3 is 9.57 Å². The number of methoxy groups -OCH3 is 1. The van der Waals surface area contributed by atoms with Gasteiger partial charge in [0.25, 0.3) is 0 Å². The summed E-state index contributed by atoms with van der Waals surface area (Å²) in [7, 11) is 1.61. The van der Waals surface area contributed by atoms with E-state index in [1.54, 1.807) is 25.3 Å². The molecule has 0 heterocycles. The third kappa shape index (κ3) is 3.81. The largest absolute Gasteiger partial charge is 0.497 e. The fourth-order valence-electron chi connectivity index (χ4n) is 1.55. The van der Waals surface area contributed by atoms with E-state index in [-0.39, 0.29) is 5.82 Å². The van der Waals surface area contributed by atoms with Crippen molar-refractivity contribution in [1.82, 2.24) is 0 Å². The molecule has 0 aromatic heterocycles. The van der Waals surface area contributed by atoms with Gasteiger partial charge in [0, 0.05) is 5.56 Å². The van der Waals surface area contributed by atoms with Crippen molar-refractivity contribution in [2.45, 2.75) is 6.61 Å². The van der Waals surface area contributed by atoms with E-state index in [9.17, 15) is 4.39 Å². The molecule has 2 aromatic rings. The van der Waals surface area contributed by atoms with Crippen LogP contribution < -0.4 is 4.74 Å². The van der Waals surface area contributed by atoms with E-state index in [1.807, 2.05) is 24.3 Å². The topological polar surface area (TPSA) is 30.8 Å². The smallest absolute Gasteiger partial charge is 0.142 e. The zero-order valence-electron chi connectivity index (χ0n) is 10.5. The summed E-state index contributed by atoms with van der Waals surface area (Å²) in [6.45, 7) is 0.308. The minimum Gasteiger partial charge on any atom is -0.497 e. The van der Waals surface area contributed by atoms with E-state index < -0.39 is 0 Å². The van der Waals surface area contributed by atoms with Crippen molar-refractivity contribution in [2.24, 2.45) is 5.16 Å². The lowest BCUT2D eigenvalue weighted by Crippen LogP contribution is -1.91. The molecule has 0 atom stereocenters. The van der Waals surface area contributed by atoms with Crippen LogP contribution in [0.2, 0.25) is 0 Å². The summed E-state index contributed by atoms with van der Waals surface area (Å²) < 4.78 is 18.4. The predicted octanol–water partition coefficient (Wildman–Crippen LogP) is 3.39. The lowest BCUT2D eigenvalue weighted by Gasteiger charge is -2.03. The van der Waals surface area contributed by atoms with E-state index in [2.05, 4.69) is 5.16 Å². The third-order valence-electron chi connectivity index (χ3n) is 2.54. The van der Waals surface area contributed by atoms with Crippen LogP contribution in [0.3, 0.4) is 0 Å². The van der Waals surface area contributed by atoms with Crippen LogP contribution in [0.25, 0.3) is 0 Å². The summed E-state index contributed by atoms with van der Waals surface area (Å²) in [5.74, 6) is 0.440. The standard InChI is InChI=1S/C15H14FNO2/c1-18-14-7-4-5-12(9-14)11-19-17-10-13-6-2-3-8-15(13)16/h2-10H,11H2,1H3. The molecule has 0 aliphatic rings. The molecule has 0 unspecified atom stereocenters. The van der Waals surface area contributed by atoms with E-state index in [0.29, 0.717) is 12.2 Å². The van der Waals surface area contributed by atoms with Gasteiger partial charge in [-0.1, -0.05) is 35.5 Å². The molecule has 0 bridgehead atoms. The Morgan fingerprint density at radius 2 is 2.00 bits per heavy atom. The quantitative estimate of drug-likeness (QED) is 0.608. The van der Waals surface area contributed by atoms with Gasteiger partial charge in [-0.25, -0.2) is 4.39 Å². The SMILES string of the molecule is COc1cccc(CON=Cc2ccccc2F)c1. The molecule has 2 rings (SSSR count). The number of ether oxygens (including phenoxy) is 1. The summed E-state index contributed by atoms with van der Waals surface area (Å²) in [6, 6.07) is 13.9. The lowest BCUT2D eigenvalue weighted by atomic mass is 10.2. The highest BCUT2D eigenvalue weighted by molar-refractivity contribution is 5.79. The summed E-state index contributed by atoms with van der Waals surface area (Å²) in [4.78, 5) is 5.13. The number of oxime groups is 1. The average Bonchev–Trinajstić information content (AvgIpc) is 2.45. The molecule has 0 radical (unpaired) electrons. The maximum Gasteiger partial charge on any atom is 0.142 e. The second kappa shape index (κ2) is 6.54. The summed E-state index contributed by atoms with van der Waals surface area (Å²) in [6.07, 6.45) is 1.36. The number of hydrogen-bond acceptors (Lipinski definition) is 3. The van der Waals surface area contributed by atoms with Crippen LogP contribution in [-0.2, 0) is 11.4 Å². The molecule has 0 spiro atoms. The highest BCUT2D eigenvalue weighted by Gasteiger charge is 1.97. The number of hydrogen-bond donors (Lipinski definition) is 0. The fraction of sp³-hybridized carbons (Fsp3) is 0.133. The first-order valence-corrected chi connectivity index (χ1v) is 5.82. The normalized spacial score (nSPS) is 10.6. The van der Waals surface area contributed by atoms with Gasteiger partial charge in [0.1, 0.15) is 18.2 Å². The molecule has 4 heteroatoms. The minimum absolute atomic E-state index is 0.308. The maximum absolute atomic E-state index is 13.3. The fourth-order valence-corrected chi connectivity index (χ4v) is 1.55. The minimum atomic E-state index is -0.323. The monoisotopic (exact) mass is 259 g/mol. The van der Waals surface area contributed by atoms with Crippen molar-refractivity contribution >= 4 is 6.21 Å². The Morgan fingerprint density at radius 3 is 2.79 bits per heavy atom. The van der Waals surface area contributed by atoms with Crippen LogP contribution in [0, 0.1) is 5.82 Å². The van der Waals surface area contributed by atoms with Crippen LogP contribution in [0.5, 0.6) is 5.75 Å². The first kappa shape index (κ1) is 13.1. The van der Waals surface area contributed by atoms with E-state index >= 15 is 0 Å². The predicted molar refractivity (Wildman–Crippen MR) is 71.8 cm³/mol. The zero-order chi connectivity index (χ0) is 13.5. The Kier molecular flexibility index (Phi) is 4.50. The van der Waals surface area contributed by atoms with Gasteiger partial charge in [-0.05, 0) is 23.8 Å². The zero-order valence-corrected chi connectivity index (χ0v) is 10.5. The highest BCUT2D eigenvalue weighted by Crippen LogP contribution is 2.13. The first-order valence-electron chi connectivity index (χ1n) is 5.82. The van der Waals surface area contributed by atoms with Gasteiger partial charge in [-0.3, -0.25) is 0 Å². The van der Waals surface area contributed by atoms with E-state index in [4.69, 9.17) is 9.57 Å². The lowest BCUT2D eigenvalue weighted by molar-refractivity contribution is 0.132. The molecule has 0 saturated carbocycles. The highest BCUT2D eigenvalue weighted by atomic mass is 19.1. The second-order valence-corrected chi connectivity index (χ2v) is 3.88. The molecule has 2 aromatic carbocycles. The van der Waals surface area contributed by atoms with Crippen LogP contribution >= 0.6 is 0 Å². The number of halogens is 1. The molecule has 3 nitrogen and oxygen atoms in total. The molecular formula is C15H14FNO2. The molecule has 0 saturated heterocycles. The van der Waals surface area contributed by atoms with Crippen LogP contribution in [0.15, 0.2) is 53.7 Å². The number of nitrogens with zero attached hydrogens (tertiary/aromatic N) is 1. The second-order valence-electron chi connectivity index (χ2n) is 3.88. The van der Waals surface area contributed by atoms with Gasteiger partial charge in [0.05, 0.1) is 13.3 Å². The molecule has 0 aliphatic carbocycles. The maximum atomic E-state index is 13.3. The summed E-state index contributed by atoms with van der Waals surface area (Å²) in [5.41, 5.74) is 1.33. The van der Waals surface area contributed by atoms with E-state index in [1.165, 1.54) is 12.3 Å². The molecule has 0 N–H and O–H groups in total. The van der Waals surface area contributed by atoms with Gasteiger partial charge in [0.2, 0.25) is 0 Å². The van der Waals surface area contributed by atoms with Crippen molar-refractivity contribution in [2.75, 3.05) is 7.11 Å². The van der Waals surface area contributed by atoms with Crippen molar-refractivity contribution in [3.63, 3.8) is 0 Å². The van der Waals surface area contributed by atoms with Gasteiger partial charge in [-0.2, -0.15) is 0 Å². The summed E-state index contributed by atoms with van der Waals surface area (Å²) >= 11 is 0. The van der Waals surface area contributed by atoms with Crippen molar-refractivity contribution in [1.29, 1.82) is 0 Å². The van der Waals surface area contributed by atoms with E-state index in [0.717, 1.165) is 11.3 Å². The van der Waals surface area contributed by atoms with Crippen LogP contribution in [0.4, 0.5) is 4.39 Å². The Hall–Kier alpha value is -2.36. The summed E-state index contributed by atoms with van der Waals surface area (Å²) in [5, 5.41) is 3.75. The Bertz CT molecular complexity index is 570. The van der Waals surface area contributed by atoms with Crippen molar-refractivity contribution < 1.29 is 14.0 Å². The van der Waals surface area contributed by atoms with Gasteiger partial charge in [-0.15, -0.1) is 0 Å². The average molecular weight is 259 g/mol. The van der Waals surface area contributed by atoms with Crippen molar-refractivity contribution in [3.05, 3.63) is 65.5 Å². The molecule has 19 heavy (non-hydrogen) atoms. The first-order chi connectivity index (χ1) is 9.29. The molecule has 0 amide bonds. The molecule has 98 valence electrons. The Labute approximate surface area is 111 Å². The molecular weight excluding hydrogens is 245 g/mol. The Balaban J connectivity index is 1.91. The molecule has 0 fully saturated rings. The van der Waals surface area contributed by atoms with Gasteiger partial charge >= 0.3 is 0 Å². The third-order valence-corrected chi connectivity index (χ3v) is 2.54. The van der Waals surface area contributed by atoms with Crippen LogP contribution in [0.1, 0.15) is 11.1 Å². The van der Waals surface area contributed by atoms with Crippen molar-refractivity contribution in [3.8, 4) is 5.75 Å². The number of rotatable bonds is 5. The Morgan fingerprint density at radius 1 is 1.16 bits per heavy atom. The molecule has 0 aliphatic heterocycles. The van der Waals surface area contributed by atoms with Gasteiger partial charge in [0.15, 0.2) is 0 Å².